The Morgan fingerprint density at radius 3 is 2.40 bits per heavy atom. The summed E-state index contributed by atoms with van der Waals surface area (Å²) in [5, 5.41) is 2.11. The Hall–Kier alpha value is -0.0900. The van der Waals surface area contributed by atoms with E-state index in [4.69, 9.17) is 4.98 Å². The summed E-state index contributed by atoms with van der Waals surface area (Å²) in [4.78, 5) is 8.43. The maximum absolute atomic E-state index is 4.73. The summed E-state index contributed by atoms with van der Waals surface area (Å²) >= 11 is 5.36. The van der Waals surface area contributed by atoms with Gasteiger partial charge < -0.3 is 4.90 Å². The van der Waals surface area contributed by atoms with E-state index >= 15 is 0 Å². The maximum Gasteiger partial charge on any atom is 0.185 e. The van der Waals surface area contributed by atoms with Crippen LogP contribution in [0.5, 0.6) is 0 Å². The molecule has 4 heteroatoms. The van der Waals surface area contributed by atoms with Gasteiger partial charge in [-0.15, -0.1) is 11.3 Å². The van der Waals surface area contributed by atoms with Crippen LogP contribution in [-0.2, 0) is 11.8 Å². The monoisotopic (exact) mass is 290 g/mol. The van der Waals surface area contributed by atoms with Gasteiger partial charge in [-0.05, 0) is 20.3 Å². The van der Waals surface area contributed by atoms with Crippen molar-refractivity contribution in [2.45, 2.75) is 38.9 Å². The van der Waals surface area contributed by atoms with Crippen LogP contribution in [0, 0.1) is 0 Å². The fourth-order valence-corrected chi connectivity index (χ4v) is 3.29. The van der Waals surface area contributed by atoms with Crippen molar-refractivity contribution in [2.24, 2.45) is 0 Å². The number of halogens is 1. The van der Waals surface area contributed by atoms with E-state index in [1.54, 1.807) is 0 Å². The molecule has 0 radical (unpaired) electrons. The largest absolute Gasteiger partial charge is 0.349 e. The molecule has 1 aromatic rings. The standard InChI is InChI=1S/C11H19BrN2S/c1-4-7-9-10(8-12)15-11(13-9)14(5-2)6-3/h4-8H2,1-3H3. The molecule has 0 amide bonds. The summed E-state index contributed by atoms with van der Waals surface area (Å²) in [6.45, 7) is 8.64. The number of nitrogens with zero attached hydrogens (tertiary/aromatic N) is 2. The van der Waals surface area contributed by atoms with Crippen LogP contribution in [0.3, 0.4) is 0 Å². The van der Waals surface area contributed by atoms with Crippen molar-refractivity contribution in [3.05, 3.63) is 10.6 Å². The first-order chi connectivity index (χ1) is 7.26. The summed E-state index contributed by atoms with van der Waals surface area (Å²) in [5.41, 5.74) is 1.28. The molecule has 0 aliphatic carbocycles. The van der Waals surface area contributed by atoms with E-state index in [2.05, 4.69) is 41.6 Å². The molecule has 1 aromatic heterocycles. The Balaban J connectivity index is 2.90. The molecule has 0 aromatic carbocycles. The number of alkyl halides is 1. The lowest BCUT2D eigenvalue weighted by Gasteiger charge is -2.16. The van der Waals surface area contributed by atoms with Gasteiger partial charge in [0.15, 0.2) is 5.13 Å². The van der Waals surface area contributed by atoms with Crippen molar-refractivity contribution in [3.8, 4) is 0 Å². The molecule has 15 heavy (non-hydrogen) atoms. The average molecular weight is 291 g/mol. The minimum Gasteiger partial charge on any atom is -0.349 e. The highest BCUT2D eigenvalue weighted by atomic mass is 79.9. The highest BCUT2D eigenvalue weighted by Crippen LogP contribution is 2.28. The number of aryl methyl sites for hydroxylation is 1. The molecule has 0 fully saturated rings. The van der Waals surface area contributed by atoms with E-state index in [-0.39, 0.29) is 0 Å². The number of hydrogen-bond donors (Lipinski definition) is 0. The topological polar surface area (TPSA) is 16.1 Å². The first kappa shape index (κ1) is 13.0. The summed E-state index contributed by atoms with van der Waals surface area (Å²) < 4.78 is 0. The molecular weight excluding hydrogens is 272 g/mol. The van der Waals surface area contributed by atoms with Crippen LogP contribution in [0.4, 0.5) is 5.13 Å². The van der Waals surface area contributed by atoms with Gasteiger partial charge in [0.25, 0.3) is 0 Å². The number of hydrogen-bond acceptors (Lipinski definition) is 3. The van der Waals surface area contributed by atoms with Crippen LogP contribution in [0.1, 0.15) is 37.8 Å². The van der Waals surface area contributed by atoms with Crippen molar-refractivity contribution in [3.63, 3.8) is 0 Å². The minimum atomic E-state index is 0.932. The lowest BCUT2D eigenvalue weighted by Crippen LogP contribution is -2.21. The maximum atomic E-state index is 4.73. The second-order valence-corrected chi connectivity index (χ2v) is 5.05. The second-order valence-electron chi connectivity index (χ2n) is 3.42. The van der Waals surface area contributed by atoms with Crippen LogP contribution in [-0.4, -0.2) is 18.1 Å². The van der Waals surface area contributed by atoms with Crippen molar-refractivity contribution in [1.29, 1.82) is 0 Å². The van der Waals surface area contributed by atoms with Crippen LogP contribution in [0.15, 0.2) is 0 Å². The highest BCUT2D eigenvalue weighted by molar-refractivity contribution is 9.08. The highest BCUT2D eigenvalue weighted by Gasteiger charge is 2.12. The summed E-state index contributed by atoms with van der Waals surface area (Å²) in [7, 11) is 0. The van der Waals surface area contributed by atoms with Gasteiger partial charge in [-0.25, -0.2) is 4.98 Å². The SMILES string of the molecule is CCCc1nc(N(CC)CC)sc1CBr. The van der Waals surface area contributed by atoms with E-state index in [0.717, 1.165) is 24.8 Å². The van der Waals surface area contributed by atoms with Crippen LogP contribution < -0.4 is 4.90 Å². The Kier molecular flexibility index (Phi) is 5.61. The second kappa shape index (κ2) is 6.48. The molecule has 0 N–H and O–H groups in total. The van der Waals surface area contributed by atoms with Crippen molar-refractivity contribution < 1.29 is 0 Å². The Bertz CT molecular complexity index is 295. The summed E-state index contributed by atoms with van der Waals surface area (Å²) in [5.74, 6) is 0. The predicted molar refractivity (Wildman–Crippen MR) is 72.3 cm³/mol. The van der Waals surface area contributed by atoms with Gasteiger partial charge >= 0.3 is 0 Å². The first-order valence-electron chi connectivity index (χ1n) is 5.56. The number of anilines is 1. The normalized spacial score (nSPS) is 10.7. The molecule has 0 spiro atoms. The van der Waals surface area contributed by atoms with E-state index in [0.29, 0.717) is 0 Å². The quantitative estimate of drug-likeness (QED) is 0.740. The van der Waals surface area contributed by atoms with Crippen molar-refractivity contribution in [1.82, 2.24) is 4.98 Å². The van der Waals surface area contributed by atoms with Crippen molar-refractivity contribution in [2.75, 3.05) is 18.0 Å². The fraction of sp³-hybridized carbons (Fsp3) is 0.727. The predicted octanol–water partition coefficient (Wildman–Crippen LogP) is 3.84. The molecule has 86 valence electrons. The summed E-state index contributed by atoms with van der Waals surface area (Å²) in [6, 6.07) is 0. The summed E-state index contributed by atoms with van der Waals surface area (Å²) in [6.07, 6.45) is 2.26. The third-order valence-corrected chi connectivity index (χ3v) is 4.50. The van der Waals surface area contributed by atoms with Gasteiger partial charge in [-0.3, -0.25) is 0 Å². The molecular formula is C11H19BrN2S. The van der Waals surface area contributed by atoms with Crippen LogP contribution in [0.2, 0.25) is 0 Å². The minimum absolute atomic E-state index is 0.932. The van der Waals surface area contributed by atoms with Crippen LogP contribution >= 0.6 is 27.3 Å². The van der Waals surface area contributed by atoms with E-state index < -0.39 is 0 Å². The van der Waals surface area contributed by atoms with E-state index in [1.807, 2.05) is 11.3 Å². The molecule has 0 aliphatic heterocycles. The molecule has 1 heterocycles. The molecule has 0 saturated heterocycles. The lowest BCUT2D eigenvalue weighted by atomic mass is 10.2. The molecule has 0 aliphatic rings. The van der Waals surface area contributed by atoms with Crippen molar-refractivity contribution >= 4 is 32.4 Å². The van der Waals surface area contributed by atoms with Crippen LogP contribution in [0.25, 0.3) is 0 Å². The zero-order valence-electron chi connectivity index (χ0n) is 9.72. The van der Waals surface area contributed by atoms with Gasteiger partial charge in [0.1, 0.15) is 0 Å². The Morgan fingerprint density at radius 2 is 1.93 bits per heavy atom. The molecule has 0 atom stereocenters. The molecule has 0 unspecified atom stereocenters. The first-order valence-corrected chi connectivity index (χ1v) is 7.50. The van der Waals surface area contributed by atoms with Gasteiger partial charge in [0, 0.05) is 23.3 Å². The Labute approximate surface area is 105 Å². The molecule has 1 rings (SSSR count). The number of aromatic nitrogens is 1. The molecule has 0 bridgehead atoms. The molecule has 2 nitrogen and oxygen atoms in total. The average Bonchev–Trinajstić information content (AvgIpc) is 2.64. The Morgan fingerprint density at radius 1 is 1.27 bits per heavy atom. The van der Waals surface area contributed by atoms with Gasteiger partial charge in [0.2, 0.25) is 0 Å². The van der Waals surface area contributed by atoms with Gasteiger partial charge in [-0.2, -0.15) is 0 Å². The fourth-order valence-electron chi connectivity index (χ4n) is 1.54. The zero-order valence-corrected chi connectivity index (χ0v) is 12.1. The zero-order chi connectivity index (χ0) is 11.3. The third kappa shape index (κ3) is 3.18. The third-order valence-electron chi connectivity index (χ3n) is 2.41. The van der Waals surface area contributed by atoms with Gasteiger partial charge in [0.05, 0.1) is 5.69 Å². The van der Waals surface area contributed by atoms with Gasteiger partial charge in [-0.1, -0.05) is 29.3 Å². The number of rotatable bonds is 6. The smallest absolute Gasteiger partial charge is 0.185 e. The number of thiazole rings is 1. The lowest BCUT2D eigenvalue weighted by molar-refractivity contribution is 0.838. The van der Waals surface area contributed by atoms with E-state index in [1.165, 1.54) is 22.1 Å². The van der Waals surface area contributed by atoms with E-state index in [9.17, 15) is 0 Å². The molecule has 0 saturated carbocycles.